The molecule has 0 amide bonds. The Hall–Kier alpha value is -1.75. The minimum atomic E-state index is -0.334. The third kappa shape index (κ3) is 2.34. The number of ether oxygens (including phenoxy) is 1. The topological polar surface area (TPSA) is 26.3 Å². The van der Waals surface area contributed by atoms with Crippen LogP contribution in [-0.2, 0) is 4.74 Å². The number of benzene rings is 1. The van der Waals surface area contributed by atoms with E-state index in [4.69, 9.17) is 0 Å². The van der Waals surface area contributed by atoms with Crippen molar-refractivity contribution in [1.82, 2.24) is 0 Å². The van der Waals surface area contributed by atoms with Gasteiger partial charge in [0, 0.05) is 5.56 Å². The molecule has 0 saturated carbocycles. The molecule has 0 aliphatic rings. The molecular weight excluding hydrogens is 164 g/mol. The molecule has 1 aromatic carbocycles. The van der Waals surface area contributed by atoms with Crippen molar-refractivity contribution in [2.24, 2.45) is 0 Å². The molecule has 0 saturated heterocycles. The molecule has 0 N–H and O–H groups in total. The molecule has 0 atom stereocenters. The summed E-state index contributed by atoms with van der Waals surface area (Å²) in [5.41, 5.74) is 1.35. The fraction of sp³-hybridized carbons (Fsp3) is 0.182. The van der Waals surface area contributed by atoms with Gasteiger partial charge in [-0.25, -0.2) is 4.79 Å². The van der Waals surface area contributed by atoms with Crippen LogP contribution in [0.3, 0.4) is 0 Å². The summed E-state index contributed by atoms with van der Waals surface area (Å²) in [6.45, 7) is 1.75. The van der Waals surface area contributed by atoms with Gasteiger partial charge in [-0.3, -0.25) is 0 Å². The van der Waals surface area contributed by atoms with Crippen molar-refractivity contribution in [3.05, 3.63) is 35.4 Å². The number of rotatable bonds is 1. The van der Waals surface area contributed by atoms with Crippen LogP contribution in [0.5, 0.6) is 0 Å². The summed E-state index contributed by atoms with van der Waals surface area (Å²) < 4.78 is 4.58. The van der Waals surface area contributed by atoms with Crippen LogP contribution in [-0.4, -0.2) is 13.1 Å². The second-order valence-corrected chi connectivity index (χ2v) is 2.45. The predicted molar refractivity (Wildman–Crippen MR) is 50.3 cm³/mol. The van der Waals surface area contributed by atoms with Crippen LogP contribution in [0.4, 0.5) is 0 Å². The average molecular weight is 174 g/mol. The molecule has 0 spiro atoms. The van der Waals surface area contributed by atoms with Gasteiger partial charge in [-0.2, -0.15) is 0 Å². The maximum atomic E-state index is 11.1. The quantitative estimate of drug-likeness (QED) is 0.479. The number of hydrogen-bond acceptors (Lipinski definition) is 2. The van der Waals surface area contributed by atoms with Crippen molar-refractivity contribution in [3.8, 4) is 11.8 Å². The van der Waals surface area contributed by atoms with Crippen molar-refractivity contribution in [2.75, 3.05) is 7.11 Å². The van der Waals surface area contributed by atoms with E-state index in [0.717, 1.165) is 5.56 Å². The Balaban J connectivity index is 3.02. The van der Waals surface area contributed by atoms with Crippen molar-refractivity contribution < 1.29 is 9.53 Å². The highest BCUT2D eigenvalue weighted by atomic mass is 16.5. The Morgan fingerprint density at radius 1 is 1.46 bits per heavy atom. The van der Waals surface area contributed by atoms with Gasteiger partial charge in [-0.1, -0.05) is 12.0 Å². The van der Waals surface area contributed by atoms with Gasteiger partial charge >= 0.3 is 5.97 Å². The van der Waals surface area contributed by atoms with E-state index in [1.165, 1.54) is 7.11 Å². The Morgan fingerprint density at radius 3 is 2.85 bits per heavy atom. The van der Waals surface area contributed by atoms with E-state index in [9.17, 15) is 4.79 Å². The highest BCUT2D eigenvalue weighted by Gasteiger charge is 2.03. The molecule has 0 aliphatic heterocycles. The smallest absolute Gasteiger partial charge is 0.337 e. The molecule has 2 heteroatoms. The van der Waals surface area contributed by atoms with Crippen molar-refractivity contribution in [2.45, 2.75) is 6.92 Å². The standard InChI is InChI=1S/C11H10O2/c1-3-5-9-6-4-7-10(8-9)11(12)13-2/h4,6-8H,1-2H3. The summed E-state index contributed by atoms with van der Waals surface area (Å²) >= 11 is 0. The lowest BCUT2D eigenvalue weighted by atomic mass is 10.1. The van der Waals surface area contributed by atoms with Crippen LogP contribution < -0.4 is 0 Å². The lowest BCUT2D eigenvalue weighted by Crippen LogP contribution is -2.00. The van der Waals surface area contributed by atoms with Crippen LogP contribution in [0.2, 0.25) is 0 Å². The number of esters is 1. The fourth-order valence-electron chi connectivity index (χ4n) is 0.986. The maximum absolute atomic E-state index is 11.1. The first-order valence-corrected chi connectivity index (χ1v) is 3.89. The maximum Gasteiger partial charge on any atom is 0.337 e. The zero-order valence-electron chi connectivity index (χ0n) is 7.63. The van der Waals surface area contributed by atoms with E-state index < -0.39 is 0 Å². The van der Waals surface area contributed by atoms with Gasteiger partial charge in [0.1, 0.15) is 0 Å². The molecule has 0 aromatic heterocycles. The molecular formula is C11H10O2. The summed E-state index contributed by atoms with van der Waals surface area (Å²) in [4.78, 5) is 11.1. The SMILES string of the molecule is CC#Cc1cccc(C(=O)OC)c1. The first-order valence-electron chi connectivity index (χ1n) is 3.89. The van der Waals surface area contributed by atoms with Gasteiger partial charge in [0.05, 0.1) is 12.7 Å². The molecule has 0 aliphatic carbocycles. The van der Waals surface area contributed by atoms with Crippen LogP contribution in [0.25, 0.3) is 0 Å². The lowest BCUT2D eigenvalue weighted by molar-refractivity contribution is 0.0600. The molecule has 0 heterocycles. The van der Waals surface area contributed by atoms with Crippen LogP contribution in [0, 0.1) is 11.8 Å². The molecule has 0 bridgehead atoms. The number of carbonyl (C=O) groups is 1. The lowest BCUT2D eigenvalue weighted by Gasteiger charge is -1.98. The van der Waals surface area contributed by atoms with E-state index in [1.54, 1.807) is 25.1 Å². The van der Waals surface area contributed by atoms with Crippen LogP contribution in [0.1, 0.15) is 22.8 Å². The molecule has 1 aromatic rings. The normalized spacial score (nSPS) is 8.46. The Morgan fingerprint density at radius 2 is 2.23 bits per heavy atom. The summed E-state index contributed by atoms with van der Waals surface area (Å²) in [5.74, 6) is 5.30. The van der Waals surface area contributed by atoms with E-state index in [1.807, 2.05) is 6.07 Å². The third-order valence-electron chi connectivity index (χ3n) is 1.55. The molecule has 66 valence electrons. The zero-order valence-corrected chi connectivity index (χ0v) is 7.63. The van der Waals surface area contributed by atoms with Gasteiger partial charge < -0.3 is 4.74 Å². The molecule has 1 rings (SSSR count). The first-order chi connectivity index (χ1) is 6.27. The summed E-state index contributed by atoms with van der Waals surface area (Å²) in [5, 5.41) is 0. The molecule has 0 unspecified atom stereocenters. The van der Waals surface area contributed by atoms with E-state index in [2.05, 4.69) is 16.6 Å². The van der Waals surface area contributed by atoms with E-state index in [-0.39, 0.29) is 5.97 Å². The largest absolute Gasteiger partial charge is 0.465 e. The highest BCUT2D eigenvalue weighted by molar-refractivity contribution is 5.89. The highest BCUT2D eigenvalue weighted by Crippen LogP contribution is 2.05. The second kappa shape index (κ2) is 4.32. The van der Waals surface area contributed by atoms with Gasteiger partial charge in [-0.15, -0.1) is 5.92 Å². The number of methoxy groups -OCH3 is 1. The Bertz CT molecular complexity index is 369. The third-order valence-corrected chi connectivity index (χ3v) is 1.55. The molecule has 13 heavy (non-hydrogen) atoms. The van der Waals surface area contributed by atoms with Crippen LogP contribution >= 0.6 is 0 Å². The van der Waals surface area contributed by atoms with Gasteiger partial charge in [0.2, 0.25) is 0 Å². The fourth-order valence-corrected chi connectivity index (χ4v) is 0.986. The summed E-state index contributed by atoms with van der Waals surface area (Å²) in [6, 6.07) is 7.05. The van der Waals surface area contributed by atoms with Crippen LogP contribution in [0.15, 0.2) is 24.3 Å². The van der Waals surface area contributed by atoms with Crippen molar-refractivity contribution >= 4 is 5.97 Å². The Kier molecular flexibility index (Phi) is 3.10. The van der Waals surface area contributed by atoms with Gasteiger partial charge in [-0.05, 0) is 25.1 Å². The predicted octanol–water partition coefficient (Wildman–Crippen LogP) is 1.84. The molecule has 0 fully saturated rings. The number of carbonyl (C=O) groups excluding carboxylic acids is 1. The van der Waals surface area contributed by atoms with Gasteiger partial charge in [0.25, 0.3) is 0 Å². The van der Waals surface area contributed by atoms with Crippen molar-refractivity contribution in [3.63, 3.8) is 0 Å². The van der Waals surface area contributed by atoms with E-state index in [0.29, 0.717) is 5.56 Å². The number of hydrogen-bond donors (Lipinski definition) is 0. The average Bonchev–Trinajstić information content (AvgIpc) is 2.18. The van der Waals surface area contributed by atoms with E-state index >= 15 is 0 Å². The minimum absolute atomic E-state index is 0.334. The second-order valence-electron chi connectivity index (χ2n) is 2.45. The Labute approximate surface area is 77.5 Å². The molecule has 0 radical (unpaired) electrons. The summed E-state index contributed by atoms with van der Waals surface area (Å²) in [7, 11) is 1.36. The van der Waals surface area contributed by atoms with Gasteiger partial charge in [0.15, 0.2) is 0 Å². The van der Waals surface area contributed by atoms with Crippen molar-refractivity contribution in [1.29, 1.82) is 0 Å². The zero-order chi connectivity index (χ0) is 9.68. The summed E-state index contributed by atoms with van der Waals surface area (Å²) in [6.07, 6.45) is 0. The molecule has 2 nitrogen and oxygen atoms in total. The first kappa shape index (κ1) is 9.34. The minimum Gasteiger partial charge on any atom is -0.465 e. The monoisotopic (exact) mass is 174 g/mol.